The van der Waals surface area contributed by atoms with Crippen LogP contribution in [0.25, 0.3) is 0 Å². The average molecular weight is 291 g/mol. The number of rotatable bonds is 12. The third kappa shape index (κ3) is 8.06. The fraction of sp³-hybridized carbons (Fsp3) is 0.818. The van der Waals surface area contributed by atoms with Gasteiger partial charge in [-0.1, -0.05) is 11.3 Å². The Morgan fingerprint density at radius 1 is 1.00 bits per heavy atom. The van der Waals surface area contributed by atoms with E-state index >= 15 is 0 Å². The molecule has 1 aromatic heterocycles. The van der Waals surface area contributed by atoms with Crippen LogP contribution >= 0.6 is 11.3 Å². The molecule has 1 rings (SSSR count). The second-order valence-corrected chi connectivity index (χ2v) is 4.61. The normalized spacial score (nSPS) is 10.8. The standard InChI is InChI=1S/C11H21N3O4S/c1-15-4-3-12-9-10-13-14-11(19-10)18-8-7-17-6-5-16-2/h12H,3-9H2,1-2H3. The van der Waals surface area contributed by atoms with Crippen LogP contribution in [0.15, 0.2) is 0 Å². The summed E-state index contributed by atoms with van der Waals surface area (Å²) in [4.78, 5) is 0. The molecule has 8 heteroatoms. The SMILES string of the molecule is COCCNCc1nnc(OCCOCCOC)s1. The van der Waals surface area contributed by atoms with Crippen LogP contribution in [0.1, 0.15) is 5.01 Å². The van der Waals surface area contributed by atoms with Gasteiger partial charge in [0, 0.05) is 27.3 Å². The molecule has 110 valence electrons. The average Bonchev–Trinajstić information content (AvgIpc) is 2.87. The summed E-state index contributed by atoms with van der Waals surface area (Å²) in [6, 6.07) is 0. The first-order chi connectivity index (χ1) is 9.36. The first-order valence-electron chi connectivity index (χ1n) is 6.08. The summed E-state index contributed by atoms with van der Waals surface area (Å²) in [5, 5.41) is 12.6. The molecular formula is C11H21N3O4S. The van der Waals surface area contributed by atoms with E-state index < -0.39 is 0 Å². The highest BCUT2D eigenvalue weighted by atomic mass is 32.1. The summed E-state index contributed by atoms with van der Waals surface area (Å²) in [5.74, 6) is 0. The van der Waals surface area contributed by atoms with E-state index in [0.29, 0.717) is 44.8 Å². The molecule has 1 aromatic rings. The van der Waals surface area contributed by atoms with E-state index in [1.807, 2.05) is 0 Å². The lowest BCUT2D eigenvalue weighted by Gasteiger charge is -2.03. The summed E-state index contributed by atoms with van der Waals surface area (Å²) in [5.41, 5.74) is 0. The van der Waals surface area contributed by atoms with Crippen LogP contribution in [-0.2, 0) is 20.8 Å². The fourth-order valence-electron chi connectivity index (χ4n) is 1.17. The number of nitrogens with zero attached hydrogens (tertiary/aromatic N) is 2. The monoisotopic (exact) mass is 291 g/mol. The number of methoxy groups -OCH3 is 2. The first kappa shape index (κ1) is 16.3. The predicted molar refractivity (Wildman–Crippen MR) is 71.7 cm³/mol. The molecule has 0 aliphatic heterocycles. The lowest BCUT2D eigenvalue weighted by Crippen LogP contribution is -2.18. The third-order valence-corrected chi connectivity index (χ3v) is 2.93. The van der Waals surface area contributed by atoms with Gasteiger partial charge in [-0.15, -0.1) is 10.2 Å². The molecule has 0 fully saturated rings. The molecule has 0 unspecified atom stereocenters. The van der Waals surface area contributed by atoms with Crippen molar-refractivity contribution >= 4 is 11.3 Å². The van der Waals surface area contributed by atoms with Crippen molar-refractivity contribution in [3.63, 3.8) is 0 Å². The number of ether oxygens (including phenoxy) is 4. The maximum atomic E-state index is 5.42. The van der Waals surface area contributed by atoms with Crippen molar-refractivity contribution in [1.82, 2.24) is 15.5 Å². The minimum Gasteiger partial charge on any atom is -0.466 e. The van der Waals surface area contributed by atoms with Crippen LogP contribution < -0.4 is 10.1 Å². The Kier molecular flexibility index (Phi) is 9.46. The largest absolute Gasteiger partial charge is 0.466 e. The summed E-state index contributed by atoms with van der Waals surface area (Å²) in [6.07, 6.45) is 0. The van der Waals surface area contributed by atoms with Crippen LogP contribution in [0.3, 0.4) is 0 Å². The number of hydrogen-bond acceptors (Lipinski definition) is 8. The Labute approximate surface area is 117 Å². The molecule has 0 aromatic carbocycles. The third-order valence-electron chi connectivity index (χ3n) is 2.09. The van der Waals surface area contributed by atoms with Crippen molar-refractivity contribution in [2.24, 2.45) is 0 Å². The van der Waals surface area contributed by atoms with E-state index in [0.717, 1.165) is 11.6 Å². The number of hydrogen-bond donors (Lipinski definition) is 1. The molecule has 0 amide bonds. The van der Waals surface area contributed by atoms with Crippen LogP contribution in [0, 0.1) is 0 Å². The first-order valence-corrected chi connectivity index (χ1v) is 6.90. The zero-order valence-corrected chi connectivity index (χ0v) is 12.2. The fourth-order valence-corrected chi connectivity index (χ4v) is 1.85. The van der Waals surface area contributed by atoms with Crippen LogP contribution in [0.4, 0.5) is 0 Å². The highest BCUT2D eigenvalue weighted by molar-refractivity contribution is 7.13. The van der Waals surface area contributed by atoms with Crippen molar-refractivity contribution in [3.8, 4) is 5.19 Å². The molecule has 0 spiro atoms. The minimum atomic E-state index is 0.468. The van der Waals surface area contributed by atoms with E-state index in [1.54, 1.807) is 14.2 Å². The second kappa shape index (κ2) is 11.1. The summed E-state index contributed by atoms with van der Waals surface area (Å²) in [6.45, 7) is 4.30. The van der Waals surface area contributed by atoms with Crippen molar-refractivity contribution in [3.05, 3.63) is 5.01 Å². The molecule has 0 aliphatic carbocycles. The molecule has 1 heterocycles. The molecule has 0 atom stereocenters. The molecule has 19 heavy (non-hydrogen) atoms. The van der Waals surface area contributed by atoms with Gasteiger partial charge in [0.2, 0.25) is 0 Å². The van der Waals surface area contributed by atoms with Gasteiger partial charge in [0.1, 0.15) is 11.6 Å². The molecule has 0 radical (unpaired) electrons. The highest BCUT2D eigenvalue weighted by Crippen LogP contribution is 2.17. The van der Waals surface area contributed by atoms with Crippen molar-refractivity contribution in [2.75, 3.05) is 53.8 Å². The van der Waals surface area contributed by atoms with Gasteiger partial charge < -0.3 is 24.3 Å². The maximum absolute atomic E-state index is 5.42. The molecule has 0 saturated carbocycles. The van der Waals surface area contributed by atoms with Gasteiger partial charge in [-0.3, -0.25) is 0 Å². The van der Waals surface area contributed by atoms with Gasteiger partial charge in [0.05, 0.1) is 26.4 Å². The zero-order valence-electron chi connectivity index (χ0n) is 11.4. The van der Waals surface area contributed by atoms with Gasteiger partial charge in [0.15, 0.2) is 0 Å². The van der Waals surface area contributed by atoms with Gasteiger partial charge >= 0.3 is 0 Å². The van der Waals surface area contributed by atoms with Crippen LogP contribution in [0.5, 0.6) is 5.19 Å². The molecule has 0 aliphatic rings. The zero-order chi connectivity index (χ0) is 13.8. The Bertz CT molecular complexity index is 325. The van der Waals surface area contributed by atoms with E-state index in [-0.39, 0.29) is 0 Å². The molecule has 7 nitrogen and oxygen atoms in total. The summed E-state index contributed by atoms with van der Waals surface area (Å²) >= 11 is 1.43. The van der Waals surface area contributed by atoms with Crippen LogP contribution in [0.2, 0.25) is 0 Å². The van der Waals surface area contributed by atoms with Gasteiger partial charge in [-0.25, -0.2) is 0 Å². The summed E-state index contributed by atoms with van der Waals surface area (Å²) < 4.78 is 20.5. The lowest BCUT2D eigenvalue weighted by atomic mass is 10.6. The topological polar surface area (TPSA) is 74.7 Å². The van der Waals surface area contributed by atoms with Gasteiger partial charge in [-0.05, 0) is 0 Å². The van der Waals surface area contributed by atoms with Crippen molar-refractivity contribution in [1.29, 1.82) is 0 Å². The number of aromatic nitrogens is 2. The molecular weight excluding hydrogens is 270 g/mol. The Hall–Kier alpha value is -0.800. The Morgan fingerprint density at radius 3 is 2.58 bits per heavy atom. The van der Waals surface area contributed by atoms with Gasteiger partial charge in [0.25, 0.3) is 5.19 Å². The van der Waals surface area contributed by atoms with E-state index in [4.69, 9.17) is 18.9 Å². The lowest BCUT2D eigenvalue weighted by molar-refractivity contribution is 0.0543. The smallest absolute Gasteiger partial charge is 0.294 e. The molecule has 1 N–H and O–H groups in total. The highest BCUT2D eigenvalue weighted by Gasteiger charge is 2.04. The predicted octanol–water partition coefficient (Wildman–Crippen LogP) is 0.316. The van der Waals surface area contributed by atoms with E-state index in [1.165, 1.54) is 11.3 Å². The Morgan fingerprint density at radius 2 is 1.79 bits per heavy atom. The van der Waals surface area contributed by atoms with E-state index in [9.17, 15) is 0 Å². The quantitative estimate of drug-likeness (QED) is 0.556. The minimum absolute atomic E-state index is 0.468. The second-order valence-electron chi connectivity index (χ2n) is 3.58. The van der Waals surface area contributed by atoms with Crippen molar-refractivity contribution < 1.29 is 18.9 Å². The number of nitrogens with one attached hydrogen (secondary N) is 1. The van der Waals surface area contributed by atoms with Crippen molar-refractivity contribution in [2.45, 2.75) is 6.54 Å². The molecule has 0 bridgehead atoms. The maximum Gasteiger partial charge on any atom is 0.294 e. The molecule has 0 saturated heterocycles. The van der Waals surface area contributed by atoms with Gasteiger partial charge in [-0.2, -0.15) is 0 Å². The van der Waals surface area contributed by atoms with E-state index in [2.05, 4.69) is 15.5 Å². The Balaban J connectivity index is 2.06. The van der Waals surface area contributed by atoms with Crippen LogP contribution in [-0.4, -0.2) is 64.0 Å². The summed E-state index contributed by atoms with van der Waals surface area (Å²) in [7, 11) is 3.32.